The summed E-state index contributed by atoms with van der Waals surface area (Å²) in [5.41, 5.74) is 2.59. The first-order chi connectivity index (χ1) is 8.15. The second kappa shape index (κ2) is 3.92. The van der Waals surface area contributed by atoms with Crippen LogP contribution in [0.2, 0.25) is 0 Å². The number of nitrogens with zero attached hydrogens (tertiary/aromatic N) is 3. The third-order valence-electron chi connectivity index (χ3n) is 3.57. The Morgan fingerprint density at radius 3 is 3.00 bits per heavy atom. The van der Waals surface area contributed by atoms with E-state index in [1.54, 1.807) is 0 Å². The molecule has 3 heterocycles. The molecule has 1 saturated heterocycles. The van der Waals surface area contributed by atoms with E-state index in [9.17, 15) is 0 Å². The van der Waals surface area contributed by atoms with Crippen molar-refractivity contribution in [3.63, 3.8) is 0 Å². The number of nitrogens with one attached hydrogen (secondary N) is 2. The molecule has 3 rings (SSSR count). The summed E-state index contributed by atoms with van der Waals surface area (Å²) in [5.74, 6) is 0.775. The highest BCUT2D eigenvalue weighted by Gasteiger charge is 2.32. The molecule has 17 heavy (non-hydrogen) atoms. The van der Waals surface area contributed by atoms with E-state index in [4.69, 9.17) is 0 Å². The smallest absolute Gasteiger partial charge is 0.223 e. The zero-order valence-corrected chi connectivity index (χ0v) is 10.5. The van der Waals surface area contributed by atoms with Crippen LogP contribution >= 0.6 is 0 Å². The zero-order valence-electron chi connectivity index (χ0n) is 10.5. The van der Waals surface area contributed by atoms with Crippen LogP contribution in [-0.4, -0.2) is 47.1 Å². The Labute approximate surface area is 102 Å². The number of aromatic nitrogens is 2. The Balaban J connectivity index is 1.79. The molecule has 1 fully saturated rings. The van der Waals surface area contributed by atoms with Crippen molar-refractivity contribution < 1.29 is 0 Å². The summed E-state index contributed by atoms with van der Waals surface area (Å²) in [6.07, 6.45) is 2.99. The number of hydrogen-bond donors (Lipinski definition) is 2. The van der Waals surface area contributed by atoms with Gasteiger partial charge in [0.05, 0.1) is 11.2 Å². The molecule has 2 N–H and O–H groups in total. The number of hydrogen-bond acceptors (Lipinski definition) is 5. The van der Waals surface area contributed by atoms with Gasteiger partial charge in [0.25, 0.3) is 0 Å². The van der Waals surface area contributed by atoms with Gasteiger partial charge in [0, 0.05) is 44.4 Å². The van der Waals surface area contributed by atoms with Crippen molar-refractivity contribution >= 4 is 5.95 Å². The lowest BCUT2D eigenvalue weighted by Crippen LogP contribution is -2.62. The summed E-state index contributed by atoms with van der Waals surface area (Å²) < 4.78 is 0. The van der Waals surface area contributed by atoms with Gasteiger partial charge in [0.1, 0.15) is 0 Å². The number of likely N-dealkylation sites (N-methyl/N-ethyl adjacent to an activating group) is 1. The van der Waals surface area contributed by atoms with Crippen LogP contribution in [0.4, 0.5) is 5.95 Å². The average molecular weight is 233 g/mol. The molecule has 1 aromatic heterocycles. The van der Waals surface area contributed by atoms with E-state index < -0.39 is 0 Å². The van der Waals surface area contributed by atoms with E-state index in [0.29, 0.717) is 0 Å². The lowest BCUT2D eigenvalue weighted by molar-refractivity contribution is 0.308. The summed E-state index contributed by atoms with van der Waals surface area (Å²) in [6.45, 7) is 6.21. The molecule has 0 radical (unpaired) electrons. The van der Waals surface area contributed by atoms with E-state index in [0.717, 1.165) is 38.5 Å². The van der Waals surface area contributed by atoms with E-state index in [-0.39, 0.29) is 5.54 Å². The Kier molecular flexibility index (Phi) is 2.52. The topological polar surface area (TPSA) is 53.1 Å². The minimum atomic E-state index is 0.125. The molecule has 0 spiro atoms. The molecular formula is C12H19N5. The van der Waals surface area contributed by atoms with Crippen LogP contribution in [0.5, 0.6) is 0 Å². The van der Waals surface area contributed by atoms with Gasteiger partial charge in [-0.05, 0) is 14.0 Å². The molecule has 0 atom stereocenters. The van der Waals surface area contributed by atoms with Gasteiger partial charge in [-0.3, -0.25) is 0 Å². The van der Waals surface area contributed by atoms with Gasteiger partial charge in [-0.25, -0.2) is 9.97 Å². The van der Waals surface area contributed by atoms with Gasteiger partial charge < -0.3 is 15.5 Å². The van der Waals surface area contributed by atoms with Crippen molar-refractivity contribution in [2.45, 2.75) is 25.4 Å². The van der Waals surface area contributed by atoms with E-state index in [1.807, 2.05) is 6.20 Å². The molecular weight excluding hydrogens is 214 g/mol. The van der Waals surface area contributed by atoms with E-state index in [1.165, 1.54) is 11.3 Å². The lowest BCUT2D eigenvalue weighted by atomic mass is 9.96. The monoisotopic (exact) mass is 233 g/mol. The summed E-state index contributed by atoms with van der Waals surface area (Å²) in [6, 6.07) is 0. The van der Waals surface area contributed by atoms with Crippen LogP contribution in [0.3, 0.4) is 0 Å². The molecule has 5 heteroatoms. The first kappa shape index (κ1) is 10.9. The van der Waals surface area contributed by atoms with Gasteiger partial charge in [0.15, 0.2) is 0 Å². The van der Waals surface area contributed by atoms with Crippen LogP contribution in [0.15, 0.2) is 6.20 Å². The zero-order chi connectivity index (χ0) is 11.9. The molecule has 0 saturated carbocycles. The Morgan fingerprint density at radius 2 is 2.29 bits per heavy atom. The standard InChI is InChI=1S/C12H19N5/c1-12(7-13-8-12)16-11-14-5-9-6-17(2)4-3-10(9)15-11/h5,13H,3-4,6-8H2,1-2H3,(H,14,15,16). The third kappa shape index (κ3) is 2.12. The summed E-state index contributed by atoms with van der Waals surface area (Å²) in [4.78, 5) is 11.4. The number of anilines is 1. The minimum Gasteiger partial charge on any atom is -0.346 e. The van der Waals surface area contributed by atoms with Gasteiger partial charge in [0.2, 0.25) is 5.95 Å². The summed E-state index contributed by atoms with van der Waals surface area (Å²) in [5, 5.41) is 6.68. The van der Waals surface area contributed by atoms with Gasteiger partial charge in [-0.2, -0.15) is 0 Å². The van der Waals surface area contributed by atoms with Crippen LogP contribution in [0.25, 0.3) is 0 Å². The Morgan fingerprint density at radius 1 is 1.47 bits per heavy atom. The Bertz CT molecular complexity index is 427. The molecule has 0 unspecified atom stereocenters. The quantitative estimate of drug-likeness (QED) is 0.766. The number of rotatable bonds is 2. The molecule has 0 amide bonds. The molecule has 5 nitrogen and oxygen atoms in total. The predicted molar refractivity (Wildman–Crippen MR) is 67.0 cm³/mol. The van der Waals surface area contributed by atoms with Crippen LogP contribution < -0.4 is 10.6 Å². The molecule has 92 valence electrons. The highest BCUT2D eigenvalue weighted by atomic mass is 15.2. The summed E-state index contributed by atoms with van der Waals surface area (Å²) in [7, 11) is 2.14. The maximum atomic E-state index is 4.64. The fraction of sp³-hybridized carbons (Fsp3) is 0.667. The second-order valence-electron chi connectivity index (χ2n) is 5.44. The highest BCUT2D eigenvalue weighted by molar-refractivity contribution is 5.35. The maximum absolute atomic E-state index is 4.64. The molecule has 0 bridgehead atoms. The highest BCUT2D eigenvalue weighted by Crippen LogP contribution is 2.19. The fourth-order valence-electron chi connectivity index (χ4n) is 2.38. The van der Waals surface area contributed by atoms with Crippen molar-refractivity contribution in [1.82, 2.24) is 20.2 Å². The molecule has 0 aliphatic carbocycles. The minimum absolute atomic E-state index is 0.125. The fourth-order valence-corrected chi connectivity index (χ4v) is 2.38. The third-order valence-corrected chi connectivity index (χ3v) is 3.57. The maximum Gasteiger partial charge on any atom is 0.223 e. The van der Waals surface area contributed by atoms with Crippen LogP contribution in [-0.2, 0) is 13.0 Å². The second-order valence-corrected chi connectivity index (χ2v) is 5.44. The first-order valence-electron chi connectivity index (χ1n) is 6.17. The van der Waals surface area contributed by atoms with Crippen molar-refractivity contribution in [3.8, 4) is 0 Å². The van der Waals surface area contributed by atoms with E-state index in [2.05, 4.69) is 39.5 Å². The largest absolute Gasteiger partial charge is 0.346 e. The molecule has 2 aliphatic rings. The molecule has 2 aliphatic heterocycles. The van der Waals surface area contributed by atoms with Gasteiger partial charge in [-0.15, -0.1) is 0 Å². The summed E-state index contributed by atoms with van der Waals surface area (Å²) >= 11 is 0. The predicted octanol–water partition coefficient (Wildman–Crippen LogP) is 0.238. The molecule has 0 aromatic carbocycles. The number of fused-ring (bicyclic) bond motifs is 1. The van der Waals surface area contributed by atoms with Crippen molar-refractivity contribution in [2.75, 3.05) is 32.0 Å². The lowest BCUT2D eigenvalue weighted by Gasteiger charge is -2.40. The van der Waals surface area contributed by atoms with Gasteiger partial charge >= 0.3 is 0 Å². The SMILES string of the molecule is CN1CCc2nc(NC3(C)CNC3)ncc2C1. The Hall–Kier alpha value is -1.20. The normalized spacial score (nSPS) is 22.7. The van der Waals surface area contributed by atoms with Crippen LogP contribution in [0, 0.1) is 0 Å². The van der Waals surface area contributed by atoms with Crippen molar-refractivity contribution in [3.05, 3.63) is 17.5 Å². The van der Waals surface area contributed by atoms with Crippen LogP contribution in [0.1, 0.15) is 18.2 Å². The first-order valence-corrected chi connectivity index (χ1v) is 6.17. The van der Waals surface area contributed by atoms with Crippen molar-refractivity contribution in [2.24, 2.45) is 0 Å². The van der Waals surface area contributed by atoms with Gasteiger partial charge in [-0.1, -0.05) is 0 Å². The van der Waals surface area contributed by atoms with E-state index >= 15 is 0 Å². The van der Waals surface area contributed by atoms with Crippen molar-refractivity contribution in [1.29, 1.82) is 0 Å². The average Bonchev–Trinajstić information content (AvgIpc) is 2.27. The molecule has 1 aromatic rings.